The van der Waals surface area contributed by atoms with Crippen LogP contribution < -0.4 is 0 Å². The Bertz CT molecular complexity index is 1110. The van der Waals surface area contributed by atoms with E-state index in [1.54, 1.807) is 31.3 Å². The topological polar surface area (TPSA) is 123 Å². The van der Waals surface area contributed by atoms with E-state index in [0.717, 1.165) is 16.8 Å². The summed E-state index contributed by atoms with van der Waals surface area (Å²) < 4.78 is 4.65. The molecular formula is C22H21N3O6S. The van der Waals surface area contributed by atoms with Gasteiger partial charge in [0.15, 0.2) is 0 Å². The van der Waals surface area contributed by atoms with Crippen molar-refractivity contribution in [1.82, 2.24) is 9.88 Å². The van der Waals surface area contributed by atoms with Crippen LogP contribution in [0.3, 0.4) is 0 Å². The minimum Gasteiger partial charge on any atom is -0.393 e. The molecule has 1 amide bonds. The number of carbonyl (C=O) groups excluding carboxylic acids is 2. The van der Waals surface area contributed by atoms with E-state index in [9.17, 15) is 24.8 Å². The molecule has 1 unspecified atom stereocenters. The highest BCUT2D eigenvalue weighted by atomic mass is 32.1. The van der Waals surface area contributed by atoms with Gasteiger partial charge in [-0.3, -0.25) is 19.9 Å². The van der Waals surface area contributed by atoms with E-state index >= 15 is 0 Å². The van der Waals surface area contributed by atoms with Crippen LogP contribution in [-0.4, -0.2) is 43.9 Å². The van der Waals surface area contributed by atoms with Crippen LogP contribution in [0.15, 0.2) is 48.3 Å². The molecule has 3 heterocycles. The first-order valence-corrected chi connectivity index (χ1v) is 10.5. The molecule has 9 nitrogen and oxygen atoms in total. The van der Waals surface area contributed by atoms with Crippen LogP contribution in [0.2, 0.25) is 0 Å². The van der Waals surface area contributed by atoms with Gasteiger partial charge in [-0.25, -0.2) is 4.79 Å². The van der Waals surface area contributed by atoms with E-state index in [1.807, 2.05) is 6.07 Å². The lowest BCUT2D eigenvalue weighted by Gasteiger charge is -2.44. The van der Waals surface area contributed by atoms with Crippen molar-refractivity contribution < 1.29 is 23.8 Å². The number of carbonyl (C=O) groups is 2. The van der Waals surface area contributed by atoms with Gasteiger partial charge in [0.2, 0.25) is 5.91 Å². The maximum absolute atomic E-state index is 12.6. The molecule has 1 saturated heterocycles. The minimum absolute atomic E-state index is 0.0279. The summed E-state index contributed by atoms with van der Waals surface area (Å²) in [5.74, 6) is -1.62. The van der Waals surface area contributed by atoms with E-state index in [4.69, 9.17) is 0 Å². The van der Waals surface area contributed by atoms with Crippen LogP contribution in [-0.2, 0) is 26.6 Å². The number of fused-ring (bicyclic) bond motifs is 1. The van der Waals surface area contributed by atoms with E-state index in [2.05, 4.69) is 22.1 Å². The number of thiol groups is 1. The molecular weight excluding hydrogens is 434 g/mol. The molecule has 2 aliphatic rings. The van der Waals surface area contributed by atoms with Crippen molar-refractivity contribution in [2.24, 2.45) is 5.92 Å². The molecule has 4 rings (SSSR count). The average molecular weight is 455 g/mol. The number of aliphatic hydroxyl groups is 1. The monoisotopic (exact) mass is 455 g/mol. The van der Waals surface area contributed by atoms with Gasteiger partial charge in [0.25, 0.3) is 5.69 Å². The fourth-order valence-electron chi connectivity index (χ4n) is 4.50. The van der Waals surface area contributed by atoms with Gasteiger partial charge in [-0.05, 0) is 43.4 Å². The second-order valence-electron chi connectivity index (χ2n) is 7.87. The molecule has 166 valence electrons. The second-order valence-corrected chi connectivity index (χ2v) is 8.06. The molecule has 10 heteroatoms. The molecule has 2 aliphatic heterocycles. The van der Waals surface area contributed by atoms with Crippen LogP contribution in [0.4, 0.5) is 5.69 Å². The van der Waals surface area contributed by atoms with Crippen LogP contribution in [0.5, 0.6) is 0 Å². The number of aryl methyl sites for hydroxylation is 2. The number of aliphatic hydroxyl groups excluding tert-OH is 1. The first kappa shape index (κ1) is 22.0. The highest BCUT2D eigenvalue weighted by molar-refractivity contribution is 7.75. The Hall–Kier alpha value is -3.24. The number of hydrogen-bond acceptors (Lipinski definition) is 8. The van der Waals surface area contributed by atoms with E-state index in [-0.39, 0.29) is 23.3 Å². The normalized spacial score (nSPS) is 20.6. The Kier molecular flexibility index (Phi) is 5.98. The summed E-state index contributed by atoms with van der Waals surface area (Å²) in [6.45, 7) is 1.56. The van der Waals surface area contributed by atoms with Crippen LogP contribution in [0.25, 0.3) is 5.57 Å². The van der Waals surface area contributed by atoms with Gasteiger partial charge in [0.05, 0.1) is 23.0 Å². The van der Waals surface area contributed by atoms with Crippen LogP contribution in [0, 0.1) is 16.0 Å². The summed E-state index contributed by atoms with van der Waals surface area (Å²) in [7, 11) is 0. The number of amides is 1. The molecule has 32 heavy (non-hydrogen) atoms. The van der Waals surface area contributed by atoms with Crippen molar-refractivity contribution in [3.63, 3.8) is 0 Å². The Labute approximate surface area is 189 Å². The Morgan fingerprint density at radius 2 is 2.06 bits per heavy atom. The number of nitro benzene ring substituents is 1. The molecule has 1 N–H and O–H groups in total. The molecule has 0 bridgehead atoms. The summed E-state index contributed by atoms with van der Waals surface area (Å²) in [5, 5.41) is 20.8. The smallest absolute Gasteiger partial charge is 0.367 e. The largest absolute Gasteiger partial charge is 0.393 e. The summed E-state index contributed by atoms with van der Waals surface area (Å²) in [6, 6.07) is 9.61. The standard InChI is InChI=1S/C22H21N3O6S/c1-12(26)19-18-11-16(20(22(28)31-32)24(18)21(19)27)15-3-2-10-23-17(15)9-6-13-4-7-14(8-5-13)25(29)30/h2-5,7-8,10,12,18-19,26,32H,6,9,11H2,1H3/t12-,18?,19+/m1/s1. The molecule has 0 saturated carbocycles. The van der Waals surface area contributed by atoms with Crippen molar-refractivity contribution in [3.8, 4) is 0 Å². The lowest BCUT2D eigenvalue weighted by molar-refractivity contribution is -0.384. The first-order valence-electron chi connectivity index (χ1n) is 10.1. The van der Waals surface area contributed by atoms with Gasteiger partial charge < -0.3 is 14.2 Å². The molecule has 1 aromatic carbocycles. The van der Waals surface area contributed by atoms with Crippen molar-refractivity contribution >= 4 is 36.0 Å². The lowest BCUT2D eigenvalue weighted by atomic mass is 9.82. The summed E-state index contributed by atoms with van der Waals surface area (Å²) in [6.07, 6.45) is 2.34. The molecule has 0 spiro atoms. The van der Waals surface area contributed by atoms with Crippen molar-refractivity contribution in [3.05, 3.63) is 75.2 Å². The first-order chi connectivity index (χ1) is 15.3. The van der Waals surface area contributed by atoms with Crippen molar-refractivity contribution in [2.45, 2.75) is 38.3 Å². The lowest BCUT2D eigenvalue weighted by Crippen LogP contribution is -2.61. The number of nitro groups is 1. The number of pyridine rings is 1. The Morgan fingerprint density at radius 1 is 1.34 bits per heavy atom. The Morgan fingerprint density at radius 3 is 2.69 bits per heavy atom. The number of hydrogen-bond donors (Lipinski definition) is 2. The highest BCUT2D eigenvalue weighted by Gasteiger charge is 2.57. The van der Waals surface area contributed by atoms with E-state index in [0.29, 0.717) is 24.8 Å². The van der Waals surface area contributed by atoms with E-state index in [1.165, 1.54) is 17.0 Å². The minimum atomic E-state index is -0.827. The van der Waals surface area contributed by atoms with Gasteiger partial charge in [-0.1, -0.05) is 18.2 Å². The average Bonchev–Trinajstić information content (AvgIpc) is 3.12. The summed E-state index contributed by atoms with van der Waals surface area (Å²) >= 11 is 3.63. The van der Waals surface area contributed by atoms with Gasteiger partial charge in [0.1, 0.15) is 5.70 Å². The number of non-ortho nitro benzene ring substituents is 1. The number of aromatic nitrogens is 1. The van der Waals surface area contributed by atoms with Crippen LogP contribution in [0.1, 0.15) is 30.2 Å². The zero-order valence-corrected chi connectivity index (χ0v) is 18.1. The zero-order valence-electron chi connectivity index (χ0n) is 17.2. The number of nitrogens with zero attached hydrogens (tertiary/aromatic N) is 3. The highest BCUT2D eigenvalue weighted by Crippen LogP contribution is 2.47. The zero-order chi connectivity index (χ0) is 23.0. The third kappa shape index (κ3) is 3.76. The number of β-lactam (4-membered cyclic amide) rings is 1. The fourth-order valence-corrected chi connectivity index (χ4v) is 4.59. The number of benzene rings is 1. The predicted octanol–water partition coefficient (Wildman–Crippen LogP) is 2.49. The molecule has 3 atom stereocenters. The van der Waals surface area contributed by atoms with Crippen molar-refractivity contribution in [1.29, 1.82) is 0 Å². The van der Waals surface area contributed by atoms with Gasteiger partial charge >= 0.3 is 5.97 Å². The van der Waals surface area contributed by atoms with E-state index < -0.39 is 22.9 Å². The van der Waals surface area contributed by atoms with Gasteiger partial charge in [-0.2, -0.15) is 0 Å². The van der Waals surface area contributed by atoms with Crippen molar-refractivity contribution in [2.75, 3.05) is 0 Å². The quantitative estimate of drug-likeness (QED) is 0.216. The third-order valence-corrected chi connectivity index (χ3v) is 6.18. The number of rotatable bonds is 7. The van der Waals surface area contributed by atoms with Gasteiger partial charge in [-0.15, -0.1) is 0 Å². The maximum Gasteiger partial charge on any atom is 0.367 e. The van der Waals surface area contributed by atoms with Crippen LogP contribution >= 0.6 is 12.9 Å². The summed E-state index contributed by atoms with van der Waals surface area (Å²) in [4.78, 5) is 41.4. The molecule has 0 aliphatic carbocycles. The SMILES string of the molecule is C[C@@H](O)[C@@H]1C(=O)N2C(C(=O)OS)=C(c3cccnc3CCc3ccc([N+](=O)[O-])cc3)CC12. The third-order valence-electron chi connectivity index (χ3n) is 6.02. The molecule has 1 aromatic heterocycles. The summed E-state index contributed by atoms with van der Waals surface area (Å²) in [5.41, 5.74) is 3.17. The second kappa shape index (κ2) is 8.71. The van der Waals surface area contributed by atoms with Gasteiger partial charge in [0, 0.05) is 42.5 Å². The fraction of sp³-hybridized carbons (Fsp3) is 0.318. The molecule has 1 fully saturated rings. The maximum atomic E-state index is 12.6. The molecule has 0 radical (unpaired) electrons. The molecule has 2 aromatic rings. The Balaban J connectivity index is 1.63. The predicted molar refractivity (Wildman–Crippen MR) is 117 cm³/mol.